The van der Waals surface area contributed by atoms with Crippen molar-refractivity contribution in [1.29, 1.82) is 0 Å². The Morgan fingerprint density at radius 2 is 1.81 bits per heavy atom. The lowest BCUT2D eigenvalue weighted by molar-refractivity contribution is -0.123. The van der Waals surface area contributed by atoms with Crippen molar-refractivity contribution in [2.45, 2.75) is 31.7 Å². The molecule has 0 aromatic heterocycles. The quantitative estimate of drug-likeness (QED) is 0.583. The van der Waals surface area contributed by atoms with Gasteiger partial charge in [0.25, 0.3) is 5.91 Å². The third-order valence-corrected chi connectivity index (χ3v) is 4.56. The van der Waals surface area contributed by atoms with Crippen LogP contribution in [0.5, 0.6) is 0 Å². The molecule has 1 saturated heterocycles. The summed E-state index contributed by atoms with van der Waals surface area (Å²) >= 11 is 5.79. The second-order valence-electron chi connectivity index (χ2n) is 6.45. The first kappa shape index (κ1) is 20.2. The van der Waals surface area contributed by atoms with Crippen LogP contribution in [0.3, 0.4) is 0 Å². The average molecular weight is 381 g/mol. The Hall–Kier alpha value is -2.12. The van der Waals surface area contributed by atoms with Gasteiger partial charge in [-0.05, 0) is 43.5 Å². The number of nitrogens with one attached hydrogen (secondary N) is 2. The third-order valence-electron chi connectivity index (χ3n) is 4.30. The first-order chi connectivity index (χ1) is 12.4. The predicted octanol–water partition coefficient (Wildman–Crippen LogP) is 0.916. The van der Waals surface area contributed by atoms with Crippen LogP contribution in [0.1, 0.15) is 36.0 Å². The molecule has 0 bridgehead atoms. The van der Waals surface area contributed by atoms with Crippen LogP contribution in [0.15, 0.2) is 24.3 Å². The van der Waals surface area contributed by atoms with Gasteiger partial charge in [-0.15, -0.1) is 0 Å². The minimum absolute atomic E-state index is 0.0147. The Bertz CT molecular complexity index is 628. The summed E-state index contributed by atoms with van der Waals surface area (Å²) in [6.07, 6.45) is 2.56. The van der Waals surface area contributed by atoms with Gasteiger partial charge in [0.2, 0.25) is 11.8 Å². The molecular formula is C18H25ClN4O3. The van der Waals surface area contributed by atoms with Crippen LogP contribution in [-0.2, 0) is 9.59 Å². The molecule has 1 aliphatic heterocycles. The summed E-state index contributed by atoms with van der Waals surface area (Å²) in [6.45, 7) is 2.22. The Morgan fingerprint density at radius 1 is 1.15 bits per heavy atom. The number of hydrogen-bond acceptors (Lipinski definition) is 4. The van der Waals surface area contributed by atoms with Crippen molar-refractivity contribution < 1.29 is 14.4 Å². The van der Waals surface area contributed by atoms with Crippen LogP contribution < -0.4 is 16.4 Å². The van der Waals surface area contributed by atoms with E-state index in [9.17, 15) is 14.4 Å². The molecule has 7 nitrogen and oxygen atoms in total. The first-order valence-electron chi connectivity index (χ1n) is 8.78. The van der Waals surface area contributed by atoms with Crippen LogP contribution in [0.4, 0.5) is 0 Å². The van der Waals surface area contributed by atoms with Gasteiger partial charge < -0.3 is 16.4 Å². The topological polar surface area (TPSA) is 105 Å². The predicted molar refractivity (Wildman–Crippen MR) is 99.8 cm³/mol. The Morgan fingerprint density at radius 3 is 2.42 bits per heavy atom. The molecule has 3 amide bonds. The molecule has 8 heteroatoms. The number of nitrogens with two attached hydrogens (primary N) is 1. The van der Waals surface area contributed by atoms with E-state index in [-0.39, 0.29) is 30.3 Å². The second kappa shape index (κ2) is 10.1. The van der Waals surface area contributed by atoms with Crippen molar-refractivity contribution >= 4 is 29.3 Å². The van der Waals surface area contributed by atoms with Crippen molar-refractivity contribution in [3.05, 3.63) is 34.9 Å². The number of piperidine rings is 1. The van der Waals surface area contributed by atoms with Crippen molar-refractivity contribution in [2.24, 2.45) is 5.73 Å². The van der Waals surface area contributed by atoms with E-state index in [4.69, 9.17) is 17.3 Å². The SMILES string of the molecule is NC(=O)CN1CCC(NC(=O)CCCNC(=O)c2ccc(Cl)cc2)CC1. The van der Waals surface area contributed by atoms with Gasteiger partial charge >= 0.3 is 0 Å². The van der Waals surface area contributed by atoms with E-state index in [0.29, 0.717) is 30.0 Å². The zero-order valence-corrected chi connectivity index (χ0v) is 15.4. The molecule has 2 rings (SSSR count). The fourth-order valence-corrected chi connectivity index (χ4v) is 3.04. The van der Waals surface area contributed by atoms with Gasteiger partial charge in [0.1, 0.15) is 0 Å². The molecule has 1 heterocycles. The molecule has 1 fully saturated rings. The number of halogens is 1. The van der Waals surface area contributed by atoms with Gasteiger partial charge in [0, 0.05) is 42.7 Å². The lowest BCUT2D eigenvalue weighted by atomic mass is 10.0. The van der Waals surface area contributed by atoms with Crippen LogP contribution in [0, 0.1) is 0 Å². The summed E-state index contributed by atoms with van der Waals surface area (Å²) in [5.74, 6) is -0.517. The van der Waals surface area contributed by atoms with Gasteiger partial charge in [-0.25, -0.2) is 0 Å². The van der Waals surface area contributed by atoms with E-state index in [1.165, 1.54) is 0 Å². The summed E-state index contributed by atoms with van der Waals surface area (Å²) < 4.78 is 0. The van der Waals surface area contributed by atoms with Gasteiger partial charge in [-0.3, -0.25) is 19.3 Å². The van der Waals surface area contributed by atoms with Crippen LogP contribution in [-0.4, -0.2) is 54.8 Å². The van der Waals surface area contributed by atoms with Crippen LogP contribution >= 0.6 is 11.6 Å². The smallest absolute Gasteiger partial charge is 0.251 e. The third kappa shape index (κ3) is 7.01. The number of benzene rings is 1. The van der Waals surface area contributed by atoms with Gasteiger partial charge in [0.05, 0.1) is 6.54 Å². The molecule has 4 N–H and O–H groups in total. The second-order valence-corrected chi connectivity index (χ2v) is 6.89. The van der Waals surface area contributed by atoms with Crippen molar-refractivity contribution in [3.8, 4) is 0 Å². The normalized spacial score (nSPS) is 15.4. The van der Waals surface area contributed by atoms with Crippen molar-refractivity contribution in [3.63, 3.8) is 0 Å². The molecule has 0 aliphatic carbocycles. The standard InChI is InChI=1S/C18H25ClN4O3/c19-14-5-3-13(4-6-14)18(26)21-9-1-2-17(25)22-15-7-10-23(11-8-15)12-16(20)24/h3-6,15H,1-2,7-12H2,(H2,20,24)(H,21,26)(H,22,25). The molecule has 1 aliphatic rings. The molecule has 142 valence electrons. The Balaban J connectivity index is 1.58. The maximum Gasteiger partial charge on any atom is 0.251 e. The van der Waals surface area contributed by atoms with E-state index in [0.717, 1.165) is 25.9 Å². The lowest BCUT2D eigenvalue weighted by Crippen LogP contribution is -2.46. The Labute approximate surface area is 158 Å². The first-order valence-corrected chi connectivity index (χ1v) is 9.15. The maximum atomic E-state index is 12.0. The number of rotatable bonds is 8. The number of nitrogens with zero attached hydrogens (tertiary/aromatic N) is 1. The van der Waals surface area contributed by atoms with E-state index in [1.807, 2.05) is 4.90 Å². The lowest BCUT2D eigenvalue weighted by Gasteiger charge is -2.31. The largest absolute Gasteiger partial charge is 0.369 e. The number of hydrogen-bond donors (Lipinski definition) is 3. The van der Waals surface area contributed by atoms with Crippen molar-refractivity contribution in [2.75, 3.05) is 26.2 Å². The van der Waals surface area contributed by atoms with E-state index in [2.05, 4.69) is 10.6 Å². The molecule has 0 saturated carbocycles. The van der Waals surface area contributed by atoms with Crippen LogP contribution in [0.2, 0.25) is 5.02 Å². The summed E-state index contributed by atoms with van der Waals surface area (Å²) in [7, 11) is 0. The minimum atomic E-state index is -0.326. The highest BCUT2D eigenvalue weighted by Crippen LogP contribution is 2.11. The number of likely N-dealkylation sites (tertiary alicyclic amines) is 1. The summed E-state index contributed by atoms with van der Waals surface area (Å²) in [5.41, 5.74) is 5.73. The van der Waals surface area contributed by atoms with Crippen LogP contribution in [0.25, 0.3) is 0 Å². The summed E-state index contributed by atoms with van der Waals surface area (Å²) in [4.78, 5) is 36.8. The fraction of sp³-hybridized carbons (Fsp3) is 0.500. The fourth-order valence-electron chi connectivity index (χ4n) is 2.91. The average Bonchev–Trinajstić information content (AvgIpc) is 2.60. The molecule has 26 heavy (non-hydrogen) atoms. The number of carbonyl (C=O) groups is 3. The summed E-state index contributed by atoms with van der Waals surface area (Å²) in [6, 6.07) is 6.79. The van der Waals surface area contributed by atoms with Gasteiger partial charge in [-0.2, -0.15) is 0 Å². The number of primary amides is 1. The highest BCUT2D eigenvalue weighted by Gasteiger charge is 2.21. The van der Waals surface area contributed by atoms with Gasteiger partial charge in [-0.1, -0.05) is 11.6 Å². The van der Waals surface area contributed by atoms with E-state index < -0.39 is 0 Å². The zero-order valence-electron chi connectivity index (χ0n) is 14.7. The molecule has 0 unspecified atom stereocenters. The monoisotopic (exact) mass is 380 g/mol. The minimum Gasteiger partial charge on any atom is -0.369 e. The van der Waals surface area contributed by atoms with E-state index in [1.54, 1.807) is 24.3 Å². The van der Waals surface area contributed by atoms with Crippen molar-refractivity contribution in [1.82, 2.24) is 15.5 Å². The molecule has 0 radical (unpaired) electrons. The molecule has 1 aromatic rings. The Kier molecular flexibility index (Phi) is 7.87. The highest BCUT2D eigenvalue weighted by molar-refractivity contribution is 6.30. The molecular weight excluding hydrogens is 356 g/mol. The maximum absolute atomic E-state index is 12.0. The molecule has 0 spiro atoms. The van der Waals surface area contributed by atoms with E-state index >= 15 is 0 Å². The number of carbonyl (C=O) groups excluding carboxylic acids is 3. The highest BCUT2D eigenvalue weighted by atomic mass is 35.5. The molecule has 0 atom stereocenters. The molecule has 1 aromatic carbocycles. The zero-order chi connectivity index (χ0) is 18.9. The summed E-state index contributed by atoms with van der Waals surface area (Å²) in [5, 5.41) is 6.38. The number of amides is 3. The van der Waals surface area contributed by atoms with Gasteiger partial charge in [0.15, 0.2) is 0 Å².